The van der Waals surface area contributed by atoms with E-state index in [2.05, 4.69) is 11.9 Å². The number of benzene rings is 1. The van der Waals surface area contributed by atoms with Crippen LogP contribution in [0.25, 0.3) is 0 Å². The summed E-state index contributed by atoms with van der Waals surface area (Å²) in [7, 11) is 1.37. The molecule has 4 nitrogen and oxygen atoms in total. The number of esters is 1. The molecule has 0 radical (unpaired) electrons. The van der Waals surface area contributed by atoms with Crippen LogP contribution < -0.4 is 5.32 Å². The molecule has 1 aliphatic carbocycles. The molecule has 1 aromatic carbocycles. The molecule has 1 aromatic rings. The standard InChI is InChI=1S/C17H23NO3/c1-3-11-18-15(17(20)9-4-5-10-17)13-7-6-8-14(12-13)16(19)21-2/h3,6-8,12,15,18,20H,1,4-5,9-11H2,2H3. The summed E-state index contributed by atoms with van der Waals surface area (Å²) in [6, 6.07) is 7.07. The van der Waals surface area contributed by atoms with Gasteiger partial charge < -0.3 is 15.2 Å². The summed E-state index contributed by atoms with van der Waals surface area (Å²) < 4.78 is 4.76. The molecule has 21 heavy (non-hydrogen) atoms. The van der Waals surface area contributed by atoms with Gasteiger partial charge in [-0.15, -0.1) is 6.58 Å². The lowest BCUT2D eigenvalue weighted by molar-refractivity contribution is 0.00805. The minimum Gasteiger partial charge on any atom is -0.465 e. The first kappa shape index (κ1) is 15.7. The predicted molar refractivity (Wildman–Crippen MR) is 82.1 cm³/mol. The maximum absolute atomic E-state index is 11.7. The lowest BCUT2D eigenvalue weighted by Crippen LogP contribution is -2.42. The van der Waals surface area contributed by atoms with Crippen LogP contribution in [0.5, 0.6) is 0 Å². The number of hydrogen-bond acceptors (Lipinski definition) is 4. The van der Waals surface area contributed by atoms with Crippen molar-refractivity contribution in [1.29, 1.82) is 0 Å². The number of ether oxygens (including phenoxy) is 1. The fourth-order valence-corrected chi connectivity index (χ4v) is 3.06. The molecule has 1 saturated carbocycles. The molecule has 1 aliphatic rings. The topological polar surface area (TPSA) is 58.6 Å². The number of carbonyl (C=O) groups is 1. The Balaban J connectivity index is 2.31. The van der Waals surface area contributed by atoms with Crippen molar-refractivity contribution in [3.05, 3.63) is 48.0 Å². The Bertz CT molecular complexity index is 507. The zero-order valence-corrected chi connectivity index (χ0v) is 12.5. The molecule has 0 spiro atoms. The first-order valence-electron chi connectivity index (χ1n) is 7.35. The maximum Gasteiger partial charge on any atom is 0.337 e. The van der Waals surface area contributed by atoms with Gasteiger partial charge in [0.1, 0.15) is 0 Å². The van der Waals surface area contributed by atoms with E-state index in [1.165, 1.54) is 7.11 Å². The van der Waals surface area contributed by atoms with E-state index < -0.39 is 5.60 Å². The fraction of sp³-hybridized carbons (Fsp3) is 0.471. The molecule has 4 heteroatoms. The lowest BCUT2D eigenvalue weighted by atomic mass is 9.86. The third kappa shape index (κ3) is 3.52. The first-order valence-corrected chi connectivity index (χ1v) is 7.35. The average molecular weight is 289 g/mol. The van der Waals surface area contributed by atoms with Crippen LogP contribution in [0.2, 0.25) is 0 Å². The SMILES string of the molecule is C=CCNC(c1cccc(C(=O)OC)c1)C1(O)CCCC1. The van der Waals surface area contributed by atoms with Gasteiger partial charge >= 0.3 is 5.97 Å². The Morgan fingerprint density at radius 2 is 2.24 bits per heavy atom. The molecule has 0 bridgehead atoms. The van der Waals surface area contributed by atoms with Gasteiger partial charge in [0.2, 0.25) is 0 Å². The van der Waals surface area contributed by atoms with E-state index in [1.807, 2.05) is 12.1 Å². The predicted octanol–water partition coefficient (Wildman–Crippen LogP) is 2.60. The molecule has 0 amide bonds. The summed E-state index contributed by atoms with van der Waals surface area (Å²) in [5, 5.41) is 14.2. The minimum atomic E-state index is -0.766. The highest BCUT2D eigenvalue weighted by Crippen LogP contribution is 2.40. The zero-order chi connectivity index (χ0) is 15.3. The normalized spacial score (nSPS) is 18.2. The van der Waals surface area contributed by atoms with Crippen LogP contribution in [-0.4, -0.2) is 30.3 Å². The minimum absolute atomic E-state index is 0.206. The van der Waals surface area contributed by atoms with E-state index in [1.54, 1.807) is 18.2 Å². The largest absolute Gasteiger partial charge is 0.465 e. The van der Waals surface area contributed by atoms with E-state index in [0.717, 1.165) is 31.2 Å². The van der Waals surface area contributed by atoms with Crippen LogP contribution in [0.4, 0.5) is 0 Å². The van der Waals surface area contributed by atoms with Gasteiger partial charge in [0.05, 0.1) is 24.3 Å². The van der Waals surface area contributed by atoms with Crippen LogP contribution in [0.3, 0.4) is 0 Å². The summed E-state index contributed by atoms with van der Waals surface area (Å²) in [6.45, 7) is 4.32. The van der Waals surface area contributed by atoms with Gasteiger partial charge in [0.15, 0.2) is 0 Å². The van der Waals surface area contributed by atoms with Gasteiger partial charge in [-0.05, 0) is 30.5 Å². The fourth-order valence-electron chi connectivity index (χ4n) is 3.06. The highest BCUT2D eigenvalue weighted by molar-refractivity contribution is 5.89. The van der Waals surface area contributed by atoms with Crippen molar-refractivity contribution in [3.63, 3.8) is 0 Å². The van der Waals surface area contributed by atoms with Crippen LogP contribution in [0, 0.1) is 0 Å². The molecule has 0 aromatic heterocycles. The number of nitrogens with one attached hydrogen (secondary N) is 1. The number of rotatable bonds is 6. The van der Waals surface area contributed by atoms with Gasteiger partial charge in [0, 0.05) is 6.54 Å². The van der Waals surface area contributed by atoms with E-state index in [0.29, 0.717) is 12.1 Å². The average Bonchev–Trinajstić information content (AvgIpc) is 2.94. The van der Waals surface area contributed by atoms with Crippen LogP contribution in [-0.2, 0) is 4.74 Å². The molecule has 0 saturated heterocycles. The zero-order valence-electron chi connectivity index (χ0n) is 12.5. The molecule has 2 N–H and O–H groups in total. The Kier molecular flexibility index (Phi) is 5.15. The van der Waals surface area contributed by atoms with Crippen LogP contribution in [0.15, 0.2) is 36.9 Å². The molecule has 1 fully saturated rings. The van der Waals surface area contributed by atoms with E-state index >= 15 is 0 Å². The van der Waals surface area contributed by atoms with Crippen molar-refractivity contribution in [1.82, 2.24) is 5.32 Å². The van der Waals surface area contributed by atoms with Crippen molar-refractivity contribution in [2.24, 2.45) is 0 Å². The van der Waals surface area contributed by atoms with Crippen LogP contribution >= 0.6 is 0 Å². The molecular weight excluding hydrogens is 266 g/mol. The second kappa shape index (κ2) is 6.87. The third-order valence-electron chi connectivity index (χ3n) is 4.11. The second-order valence-electron chi connectivity index (χ2n) is 5.56. The first-order chi connectivity index (χ1) is 10.1. The number of hydrogen-bond donors (Lipinski definition) is 2. The molecule has 0 heterocycles. The maximum atomic E-state index is 11.7. The van der Waals surface area contributed by atoms with Gasteiger partial charge in [-0.25, -0.2) is 4.79 Å². The van der Waals surface area contributed by atoms with Gasteiger partial charge in [-0.1, -0.05) is 31.1 Å². The van der Waals surface area contributed by atoms with Crippen molar-refractivity contribution in [3.8, 4) is 0 Å². The molecule has 1 atom stereocenters. The highest BCUT2D eigenvalue weighted by atomic mass is 16.5. The smallest absolute Gasteiger partial charge is 0.337 e. The van der Waals surface area contributed by atoms with E-state index in [-0.39, 0.29) is 12.0 Å². The van der Waals surface area contributed by atoms with E-state index in [4.69, 9.17) is 4.74 Å². The Hall–Kier alpha value is -1.65. The lowest BCUT2D eigenvalue weighted by Gasteiger charge is -2.34. The Morgan fingerprint density at radius 3 is 2.86 bits per heavy atom. The number of aliphatic hydroxyl groups is 1. The summed E-state index contributed by atoms with van der Waals surface area (Å²) in [6.07, 6.45) is 5.36. The van der Waals surface area contributed by atoms with Crippen molar-refractivity contribution >= 4 is 5.97 Å². The van der Waals surface area contributed by atoms with Crippen molar-refractivity contribution in [2.45, 2.75) is 37.3 Å². The number of carbonyl (C=O) groups excluding carboxylic acids is 1. The van der Waals surface area contributed by atoms with Crippen LogP contribution in [0.1, 0.15) is 47.6 Å². The molecule has 2 rings (SSSR count). The van der Waals surface area contributed by atoms with Gasteiger partial charge in [-0.2, -0.15) is 0 Å². The highest BCUT2D eigenvalue weighted by Gasteiger charge is 2.40. The summed E-state index contributed by atoms with van der Waals surface area (Å²) in [5.41, 5.74) is 0.642. The Morgan fingerprint density at radius 1 is 1.52 bits per heavy atom. The monoisotopic (exact) mass is 289 g/mol. The summed E-state index contributed by atoms with van der Waals surface area (Å²) in [5.74, 6) is -0.363. The summed E-state index contributed by atoms with van der Waals surface area (Å²) >= 11 is 0. The van der Waals surface area contributed by atoms with Crippen molar-refractivity contribution in [2.75, 3.05) is 13.7 Å². The Labute approximate surface area is 125 Å². The quantitative estimate of drug-likeness (QED) is 0.624. The second-order valence-corrected chi connectivity index (χ2v) is 5.56. The van der Waals surface area contributed by atoms with Crippen molar-refractivity contribution < 1.29 is 14.6 Å². The van der Waals surface area contributed by atoms with E-state index in [9.17, 15) is 9.90 Å². The molecule has 114 valence electrons. The molecular formula is C17H23NO3. The third-order valence-corrected chi connectivity index (χ3v) is 4.11. The molecule has 1 unspecified atom stereocenters. The number of methoxy groups -OCH3 is 1. The molecule has 0 aliphatic heterocycles. The van der Waals surface area contributed by atoms with Gasteiger partial charge in [0.25, 0.3) is 0 Å². The summed E-state index contributed by atoms with van der Waals surface area (Å²) in [4.78, 5) is 11.7. The van der Waals surface area contributed by atoms with Gasteiger partial charge in [-0.3, -0.25) is 0 Å².